The Balaban J connectivity index is 1.09. The van der Waals surface area contributed by atoms with Crippen LogP contribution in [0, 0.1) is 0 Å². The van der Waals surface area contributed by atoms with Crippen LogP contribution < -0.4 is 15.9 Å². The largest absolute Gasteiger partial charge is 0.309 e. The molecule has 0 saturated heterocycles. The van der Waals surface area contributed by atoms with Crippen molar-refractivity contribution in [1.82, 2.24) is 9.38 Å². The summed E-state index contributed by atoms with van der Waals surface area (Å²) in [6.45, 7) is 0. The fourth-order valence-corrected chi connectivity index (χ4v) is 9.83. The Labute approximate surface area is 273 Å². The van der Waals surface area contributed by atoms with E-state index in [2.05, 4.69) is 95.4 Å². The van der Waals surface area contributed by atoms with Gasteiger partial charge in [0.25, 0.3) is 0 Å². The van der Waals surface area contributed by atoms with E-state index in [0.29, 0.717) is 0 Å². The molecule has 0 radical (unpaired) electrons. The third-order valence-electron chi connectivity index (χ3n) is 9.54. The first-order chi connectivity index (χ1) is 23.2. The fraction of sp³-hybridized carbons (Fsp3) is 0.0465. The lowest BCUT2D eigenvalue weighted by Gasteiger charge is -2.20. The molecular formula is C43H31N2OP. The maximum absolute atomic E-state index is 14.8. The molecule has 0 bridgehead atoms. The normalized spacial score (nSPS) is 12.9. The number of para-hydroxylation sites is 1. The van der Waals surface area contributed by atoms with E-state index >= 15 is 0 Å². The van der Waals surface area contributed by atoms with Crippen molar-refractivity contribution in [1.29, 1.82) is 0 Å². The van der Waals surface area contributed by atoms with E-state index in [4.69, 9.17) is 4.98 Å². The van der Waals surface area contributed by atoms with E-state index in [1.807, 2.05) is 72.8 Å². The molecule has 2 heterocycles. The predicted octanol–water partition coefficient (Wildman–Crippen LogP) is 9.57. The number of aryl methyl sites for hydroxylation is 1. The summed E-state index contributed by atoms with van der Waals surface area (Å²) in [6.07, 6.45) is 6.44. The van der Waals surface area contributed by atoms with Crippen LogP contribution in [0.1, 0.15) is 17.8 Å². The number of rotatable bonds is 5. The molecule has 0 unspecified atom stereocenters. The first kappa shape index (κ1) is 27.8. The molecule has 47 heavy (non-hydrogen) atoms. The molecule has 0 spiro atoms. The van der Waals surface area contributed by atoms with E-state index in [0.717, 1.165) is 56.8 Å². The summed E-state index contributed by atoms with van der Waals surface area (Å²) in [6, 6.07) is 52.1. The second-order valence-electron chi connectivity index (χ2n) is 12.2. The van der Waals surface area contributed by atoms with Gasteiger partial charge in [-0.15, -0.1) is 0 Å². The molecule has 8 aromatic rings. The lowest BCUT2D eigenvalue weighted by molar-refractivity contribution is 0.592. The molecule has 1 aliphatic rings. The van der Waals surface area contributed by atoms with Crippen LogP contribution in [0.4, 0.5) is 0 Å². The Morgan fingerprint density at radius 1 is 0.532 bits per heavy atom. The number of benzene rings is 6. The van der Waals surface area contributed by atoms with Crippen molar-refractivity contribution in [3.05, 3.63) is 169 Å². The van der Waals surface area contributed by atoms with E-state index < -0.39 is 7.14 Å². The minimum Gasteiger partial charge on any atom is -0.309 e. The molecule has 0 N–H and O–H groups in total. The number of hydrogen-bond acceptors (Lipinski definition) is 2. The predicted molar refractivity (Wildman–Crippen MR) is 198 cm³/mol. The van der Waals surface area contributed by atoms with Crippen LogP contribution in [-0.2, 0) is 11.0 Å². The highest BCUT2D eigenvalue weighted by atomic mass is 31.2. The van der Waals surface area contributed by atoms with Crippen molar-refractivity contribution < 1.29 is 4.57 Å². The molecule has 0 aliphatic heterocycles. The molecule has 3 nitrogen and oxygen atoms in total. The highest BCUT2D eigenvalue weighted by Crippen LogP contribution is 2.43. The van der Waals surface area contributed by atoms with Gasteiger partial charge in [-0.05, 0) is 58.7 Å². The number of nitrogens with zero attached hydrogens (tertiary/aromatic N) is 2. The lowest BCUT2D eigenvalue weighted by Crippen LogP contribution is -2.24. The Kier molecular flexibility index (Phi) is 6.55. The fourth-order valence-electron chi connectivity index (χ4n) is 7.18. The Bertz CT molecular complexity index is 2470. The summed E-state index contributed by atoms with van der Waals surface area (Å²) in [5, 5.41) is 6.17. The molecule has 0 saturated carbocycles. The van der Waals surface area contributed by atoms with Crippen molar-refractivity contribution >= 4 is 56.5 Å². The molecule has 0 amide bonds. The summed E-state index contributed by atoms with van der Waals surface area (Å²) < 4.78 is 17.1. The van der Waals surface area contributed by atoms with Gasteiger partial charge < -0.3 is 4.57 Å². The third kappa shape index (κ3) is 4.50. The van der Waals surface area contributed by atoms with Gasteiger partial charge in [-0.2, -0.15) is 0 Å². The molecule has 6 aromatic carbocycles. The first-order valence-electron chi connectivity index (χ1n) is 16.1. The SMILES string of the molecule is O=P(c1ccccc1)(c1ccccc1)c1ccc(-c2ccc(-c3ccc4c5ccccc5n5c6c(nc5c4c3)C=CCC6)cc2)cc1. The number of imidazole rings is 1. The quantitative estimate of drug-likeness (QED) is 0.142. The Hall–Kier alpha value is -5.50. The van der Waals surface area contributed by atoms with Crippen molar-refractivity contribution in [3.63, 3.8) is 0 Å². The molecule has 0 atom stereocenters. The van der Waals surface area contributed by atoms with Gasteiger partial charge in [0, 0.05) is 26.7 Å². The minimum atomic E-state index is -3.00. The lowest BCUT2D eigenvalue weighted by atomic mass is 9.97. The molecular weight excluding hydrogens is 591 g/mol. The van der Waals surface area contributed by atoms with E-state index in [1.165, 1.54) is 32.9 Å². The van der Waals surface area contributed by atoms with Gasteiger partial charge in [-0.25, -0.2) is 4.98 Å². The van der Waals surface area contributed by atoms with E-state index in [1.54, 1.807) is 0 Å². The second-order valence-corrected chi connectivity index (χ2v) is 15.0. The Morgan fingerprint density at radius 3 is 1.77 bits per heavy atom. The molecule has 9 rings (SSSR count). The number of aromatic nitrogens is 2. The molecule has 4 heteroatoms. The summed E-state index contributed by atoms with van der Waals surface area (Å²) in [7, 11) is -3.00. The van der Waals surface area contributed by atoms with Crippen LogP contribution in [-0.4, -0.2) is 9.38 Å². The van der Waals surface area contributed by atoms with Crippen LogP contribution in [0.5, 0.6) is 0 Å². The van der Waals surface area contributed by atoms with Crippen molar-refractivity contribution in [2.45, 2.75) is 12.8 Å². The van der Waals surface area contributed by atoms with E-state index in [9.17, 15) is 4.57 Å². The summed E-state index contributed by atoms with van der Waals surface area (Å²) in [5.74, 6) is 0. The minimum absolute atomic E-state index is 0.835. The van der Waals surface area contributed by atoms with Gasteiger partial charge in [-0.1, -0.05) is 146 Å². The average Bonchev–Trinajstić information content (AvgIpc) is 3.56. The van der Waals surface area contributed by atoms with Crippen molar-refractivity contribution in [3.8, 4) is 22.3 Å². The molecule has 224 valence electrons. The van der Waals surface area contributed by atoms with Gasteiger partial charge in [0.1, 0.15) is 5.65 Å². The summed E-state index contributed by atoms with van der Waals surface area (Å²) >= 11 is 0. The second kappa shape index (κ2) is 11.1. The van der Waals surface area contributed by atoms with Crippen LogP contribution in [0.25, 0.3) is 55.7 Å². The number of fused-ring (bicyclic) bond motifs is 8. The monoisotopic (exact) mass is 622 g/mol. The summed E-state index contributed by atoms with van der Waals surface area (Å²) in [4.78, 5) is 5.14. The van der Waals surface area contributed by atoms with E-state index in [-0.39, 0.29) is 0 Å². The van der Waals surface area contributed by atoms with Crippen LogP contribution in [0.2, 0.25) is 0 Å². The summed E-state index contributed by atoms with van der Waals surface area (Å²) in [5.41, 5.74) is 9.16. The first-order valence-corrected chi connectivity index (χ1v) is 17.8. The zero-order chi connectivity index (χ0) is 31.4. The molecule has 0 fully saturated rings. The van der Waals surface area contributed by atoms with Gasteiger partial charge in [-0.3, -0.25) is 4.40 Å². The van der Waals surface area contributed by atoms with Crippen LogP contribution in [0.15, 0.2) is 158 Å². The molecule has 1 aliphatic carbocycles. The van der Waals surface area contributed by atoms with Gasteiger partial charge in [0.15, 0.2) is 7.14 Å². The third-order valence-corrected chi connectivity index (χ3v) is 12.6. The molecule has 2 aromatic heterocycles. The highest BCUT2D eigenvalue weighted by molar-refractivity contribution is 7.85. The average molecular weight is 623 g/mol. The standard InChI is InChI=1S/C43H31N2OP/c46-47(34-11-3-1-4-12-34,35-13-5-2-6-14-35)36-26-23-31(24-27-36)30-19-21-32(22-20-30)33-25-28-37-38-15-7-9-17-41(38)45-42-18-10-8-16-40(42)44-43(45)39(37)29-33/h1-9,11-17,19-29H,10,18H2. The number of hydrogen-bond donors (Lipinski definition) is 0. The van der Waals surface area contributed by atoms with Gasteiger partial charge >= 0.3 is 0 Å². The van der Waals surface area contributed by atoms with Crippen LogP contribution >= 0.6 is 7.14 Å². The van der Waals surface area contributed by atoms with Gasteiger partial charge in [0.05, 0.1) is 16.9 Å². The van der Waals surface area contributed by atoms with Crippen molar-refractivity contribution in [2.24, 2.45) is 0 Å². The smallest absolute Gasteiger partial charge is 0.171 e. The number of pyridine rings is 1. The number of allylic oxidation sites excluding steroid dienone is 1. The Morgan fingerprint density at radius 2 is 1.09 bits per heavy atom. The highest BCUT2D eigenvalue weighted by Gasteiger charge is 2.29. The van der Waals surface area contributed by atoms with Crippen LogP contribution in [0.3, 0.4) is 0 Å². The maximum Gasteiger partial charge on any atom is 0.171 e. The topological polar surface area (TPSA) is 34.4 Å². The zero-order valence-electron chi connectivity index (χ0n) is 25.8. The van der Waals surface area contributed by atoms with Gasteiger partial charge in [0.2, 0.25) is 0 Å². The van der Waals surface area contributed by atoms with Crippen molar-refractivity contribution in [2.75, 3.05) is 0 Å². The maximum atomic E-state index is 14.8. The zero-order valence-corrected chi connectivity index (χ0v) is 26.6.